The van der Waals surface area contributed by atoms with Gasteiger partial charge in [0.1, 0.15) is 0 Å². The summed E-state index contributed by atoms with van der Waals surface area (Å²) in [5, 5.41) is 4.18. The molecule has 1 N–H and O–H groups in total. The summed E-state index contributed by atoms with van der Waals surface area (Å²) >= 11 is 6.03. The van der Waals surface area contributed by atoms with Gasteiger partial charge in [-0.3, -0.25) is 0 Å². The van der Waals surface area contributed by atoms with E-state index in [0.29, 0.717) is 6.04 Å². The molecular formula is C16H18ClN3. The fourth-order valence-corrected chi connectivity index (χ4v) is 2.86. The first-order chi connectivity index (χ1) is 9.81. The van der Waals surface area contributed by atoms with Crippen molar-refractivity contribution < 1.29 is 0 Å². The third kappa shape index (κ3) is 3.28. The van der Waals surface area contributed by atoms with E-state index < -0.39 is 0 Å². The van der Waals surface area contributed by atoms with Crippen molar-refractivity contribution in [3.05, 3.63) is 41.6 Å². The van der Waals surface area contributed by atoms with Crippen molar-refractivity contribution in [1.29, 1.82) is 0 Å². The van der Waals surface area contributed by atoms with Gasteiger partial charge in [-0.25, -0.2) is 9.97 Å². The first-order valence-corrected chi connectivity index (χ1v) is 7.54. The average molecular weight is 288 g/mol. The molecule has 0 amide bonds. The summed E-state index contributed by atoms with van der Waals surface area (Å²) < 4.78 is 0. The monoisotopic (exact) mass is 287 g/mol. The van der Waals surface area contributed by atoms with E-state index in [1.165, 1.54) is 32.1 Å². The Bertz CT molecular complexity index is 579. The van der Waals surface area contributed by atoms with Gasteiger partial charge in [0, 0.05) is 22.8 Å². The summed E-state index contributed by atoms with van der Waals surface area (Å²) in [6, 6.07) is 10.2. The Morgan fingerprint density at radius 2 is 1.95 bits per heavy atom. The van der Waals surface area contributed by atoms with Crippen molar-refractivity contribution in [2.24, 2.45) is 0 Å². The molecule has 1 aliphatic carbocycles. The van der Waals surface area contributed by atoms with Crippen LogP contribution in [0.1, 0.15) is 32.1 Å². The molecule has 0 unspecified atom stereocenters. The van der Waals surface area contributed by atoms with E-state index in [9.17, 15) is 0 Å². The summed E-state index contributed by atoms with van der Waals surface area (Å²) in [7, 11) is 0. The molecule has 0 saturated heterocycles. The molecule has 3 rings (SSSR count). The predicted molar refractivity (Wildman–Crippen MR) is 83.0 cm³/mol. The van der Waals surface area contributed by atoms with E-state index in [0.717, 1.165) is 22.2 Å². The van der Waals surface area contributed by atoms with Crippen LogP contribution in [0.2, 0.25) is 5.02 Å². The Labute approximate surface area is 124 Å². The molecule has 3 nitrogen and oxygen atoms in total. The zero-order valence-corrected chi connectivity index (χ0v) is 12.1. The highest BCUT2D eigenvalue weighted by atomic mass is 35.5. The topological polar surface area (TPSA) is 37.8 Å². The molecule has 0 spiro atoms. The van der Waals surface area contributed by atoms with Crippen LogP contribution in [-0.2, 0) is 0 Å². The van der Waals surface area contributed by atoms with Crippen LogP contribution < -0.4 is 5.32 Å². The fraction of sp³-hybridized carbons (Fsp3) is 0.375. The highest BCUT2D eigenvalue weighted by Crippen LogP contribution is 2.23. The van der Waals surface area contributed by atoms with Crippen molar-refractivity contribution in [3.63, 3.8) is 0 Å². The van der Waals surface area contributed by atoms with Crippen LogP contribution in [0.25, 0.3) is 11.3 Å². The lowest BCUT2D eigenvalue weighted by molar-refractivity contribution is 0.461. The van der Waals surface area contributed by atoms with Crippen LogP contribution in [0, 0.1) is 0 Å². The second-order valence-electron chi connectivity index (χ2n) is 5.26. The molecule has 1 saturated carbocycles. The van der Waals surface area contributed by atoms with E-state index in [-0.39, 0.29) is 0 Å². The van der Waals surface area contributed by atoms with Gasteiger partial charge >= 0.3 is 0 Å². The van der Waals surface area contributed by atoms with E-state index in [1.54, 1.807) is 6.20 Å². The third-order valence-electron chi connectivity index (χ3n) is 3.71. The number of halogens is 1. The van der Waals surface area contributed by atoms with Crippen molar-refractivity contribution in [3.8, 4) is 11.3 Å². The van der Waals surface area contributed by atoms with Gasteiger partial charge in [-0.2, -0.15) is 0 Å². The van der Waals surface area contributed by atoms with Crippen molar-refractivity contribution in [1.82, 2.24) is 9.97 Å². The van der Waals surface area contributed by atoms with Gasteiger partial charge in [-0.1, -0.05) is 43.0 Å². The molecule has 0 aliphatic heterocycles. The molecule has 20 heavy (non-hydrogen) atoms. The van der Waals surface area contributed by atoms with Gasteiger partial charge in [0.15, 0.2) is 0 Å². The summed E-state index contributed by atoms with van der Waals surface area (Å²) in [4.78, 5) is 8.92. The molecule has 4 heteroatoms. The first-order valence-electron chi connectivity index (χ1n) is 7.17. The molecular weight excluding hydrogens is 270 g/mol. The zero-order valence-electron chi connectivity index (χ0n) is 11.3. The lowest BCUT2D eigenvalue weighted by Crippen LogP contribution is -2.23. The van der Waals surface area contributed by atoms with Crippen molar-refractivity contribution in [2.75, 3.05) is 5.32 Å². The Balaban J connectivity index is 1.78. The Kier molecular flexibility index (Phi) is 4.16. The number of aromatic nitrogens is 2. The second kappa shape index (κ2) is 6.23. The predicted octanol–water partition coefficient (Wildman–Crippen LogP) is 4.54. The van der Waals surface area contributed by atoms with Crippen molar-refractivity contribution >= 4 is 17.5 Å². The smallest absolute Gasteiger partial charge is 0.223 e. The third-order valence-corrected chi connectivity index (χ3v) is 3.95. The van der Waals surface area contributed by atoms with Gasteiger partial charge in [-0.05, 0) is 31.0 Å². The second-order valence-corrected chi connectivity index (χ2v) is 5.69. The van der Waals surface area contributed by atoms with E-state index >= 15 is 0 Å². The lowest BCUT2D eigenvalue weighted by Gasteiger charge is -2.22. The largest absolute Gasteiger partial charge is 0.351 e. The number of nitrogens with one attached hydrogen (secondary N) is 1. The molecule has 1 aliphatic rings. The minimum absolute atomic E-state index is 0.512. The van der Waals surface area contributed by atoms with Crippen LogP contribution in [0.5, 0.6) is 0 Å². The summed E-state index contributed by atoms with van der Waals surface area (Å²) in [6.45, 7) is 0. The number of rotatable bonds is 3. The fourth-order valence-electron chi connectivity index (χ4n) is 2.67. The summed E-state index contributed by atoms with van der Waals surface area (Å²) in [5.41, 5.74) is 1.92. The quantitative estimate of drug-likeness (QED) is 0.900. The molecule has 0 atom stereocenters. The average Bonchev–Trinajstić information content (AvgIpc) is 2.49. The van der Waals surface area contributed by atoms with Gasteiger partial charge in [0.05, 0.1) is 5.69 Å². The molecule has 1 aromatic carbocycles. The molecule has 1 aromatic heterocycles. The van der Waals surface area contributed by atoms with Crippen molar-refractivity contribution in [2.45, 2.75) is 38.1 Å². The molecule has 1 fully saturated rings. The molecule has 104 valence electrons. The number of nitrogens with zero attached hydrogens (tertiary/aromatic N) is 2. The molecule has 2 aromatic rings. The van der Waals surface area contributed by atoms with E-state index in [4.69, 9.17) is 11.6 Å². The maximum absolute atomic E-state index is 6.03. The minimum Gasteiger partial charge on any atom is -0.351 e. The minimum atomic E-state index is 0.512. The highest BCUT2D eigenvalue weighted by molar-refractivity contribution is 6.30. The van der Waals surface area contributed by atoms with Gasteiger partial charge in [-0.15, -0.1) is 0 Å². The van der Waals surface area contributed by atoms with Crippen LogP contribution in [0.3, 0.4) is 0 Å². The number of anilines is 1. The first kappa shape index (κ1) is 13.4. The Hall–Kier alpha value is -1.61. The molecule has 0 radical (unpaired) electrons. The number of benzene rings is 1. The number of hydrogen-bond acceptors (Lipinski definition) is 3. The Morgan fingerprint density at radius 1 is 1.10 bits per heavy atom. The van der Waals surface area contributed by atoms with Crippen LogP contribution in [0.4, 0.5) is 5.95 Å². The normalized spacial score (nSPS) is 16.1. The van der Waals surface area contributed by atoms with Crippen LogP contribution in [-0.4, -0.2) is 16.0 Å². The lowest BCUT2D eigenvalue weighted by atomic mass is 9.96. The molecule has 0 bridgehead atoms. The van der Waals surface area contributed by atoms with Gasteiger partial charge < -0.3 is 5.32 Å². The SMILES string of the molecule is Clc1cccc(-c2ccnc(NC3CCCCC3)n2)c1. The maximum atomic E-state index is 6.03. The van der Waals surface area contributed by atoms with Gasteiger partial charge in [0.2, 0.25) is 5.95 Å². The summed E-state index contributed by atoms with van der Waals surface area (Å²) in [5.74, 6) is 0.717. The summed E-state index contributed by atoms with van der Waals surface area (Å²) in [6.07, 6.45) is 8.17. The van der Waals surface area contributed by atoms with Gasteiger partial charge in [0.25, 0.3) is 0 Å². The molecule has 1 heterocycles. The maximum Gasteiger partial charge on any atom is 0.223 e. The van der Waals surface area contributed by atoms with Crippen LogP contribution in [0.15, 0.2) is 36.5 Å². The standard InChI is InChI=1S/C16H18ClN3/c17-13-6-4-5-12(11-13)15-9-10-18-16(20-15)19-14-7-2-1-3-8-14/h4-6,9-11,14H,1-3,7-8H2,(H,18,19,20). The van der Waals surface area contributed by atoms with E-state index in [2.05, 4.69) is 15.3 Å². The van der Waals surface area contributed by atoms with Crippen LogP contribution >= 0.6 is 11.6 Å². The number of hydrogen-bond donors (Lipinski definition) is 1. The highest BCUT2D eigenvalue weighted by Gasteiger charge is 2.14. The Morgan fingerprint density at radius 3 is 2.75 bits per heavy atom. The van der Waals surface area contributed by atoms with E-state index in [1.807, 2.05) is 30.3 Å². The zero-order chi connectivity index (χ0) is 13.8.